The molecule has 2 aromatic rings. The average molecular weight is 379 g/mol. The highest BCUT2D eigenvalue weighted by atomic mass is 127. The van der Waals surface area contributed by atoms with Crippen LogP contribution in [0.1, 0.15) is 29.3 Å². The van der Waals surface area contributed by atoms with Gasteiger partial charge in [-0.05, 0) is 53.1 Å². The van der Waals surface area contributed by atoms with E-state index < -0.39 is 0 Å². The largest absolute Gasteiger partial charge is 0.349 e. The molecule has 0 aliphatic carbocycles. The maximum absolute atomic E-state index is 12.3. The van der Waals surface area contributed by atoms with Crippen LogP contribution in [-0.2, 0) is 6.42 Å². The molecule has 0 radical (unpaired) electrons. The van der Waals surface area contributed by atoms with Gasteiger partial charge >= 0.3 is 0 Å². The molecule has 0 fully saturated rings. The average Bonchev–Trinajstić information content (AvgIpc) is 2.48. The van der Waals surface area contributed by atoms with E-state index in [4.69, 9.17) is 0 Å². The summed E-state index contributed by atoms with van der Waals surface area (Å²) < 4.78 is 0.983. The summed E-state index contributed by atoms with van der Waals surface area (Å²) in [5.74, 6) is 0.0118. The van der Waals surface area contributed by atoms with Crippen LogP contribution in [0.3, 0.4) is 0 Å². The Hall–Kier alpha value is -1.36. The fourth-order valence-electron chi connectivity index (χ4n) is 2.10. The predicted molar refractivity (Wildman–Crippen MR) is 90.9 cm³/mol. The number of halogens is 1. The Balaban J connectivity index is 2.03. The van der Waals surface area contributed by atoms with Crippen molar-refractivity contribution in [2.24, 2.45) is 0 Å². The standard InChI is InChI=1S/C17H18INO/c1-2-14(12-13-8-4-3-5-9-13)19-17(20)15-10-6-7-11-16(15)18/h3-11,14H,2,12H2,1H3,(H,19,20). The lowest BCUT2D eigenvalue weighted by Gasteiger charge is -2.17. The molecule has 0 saturated heterocycles. The molecule has 2 aromatic carbocycles. The van der Waals surface area contributed by atoms with Crippen molar-refractivity contribution >= 4 is 28.5 Å². The summed E-state index contributed by atoms with van der Waals surface area (Å²) >= 11 is 2.20. The Morgan fingerprint density at radius 1 is 1.10 bits per heavy atom. The normalized spacial score (nSPS) is 11.9. The van der Waals surface area contributed by atoms with Crippen LogP contribution in [0.4, 0.5) is 0 Å². The first-order chi connectivity index (χ1) is 9.70. The van der Waals surface area contributed by atoms with Crippen LogP contribution in [-0.4, -0.2) is 11.9 Å². The second-order valence-corrected chi connectivity index (χ2v) is 5.91. The first kappa shape index (κ1) is 15.0. The van der Waals surface area contributed by atoms with E-state index in [1.165, 1.54) is 5.56 Å². The summed E-state index contributed by atoms with van der Waals surface area (Å²) in [4.78, 5) is 12.3. The van der Waals surface area contributed by atoms with Gasteiger partial charge in [0.25, 0.3) is 5.91 Å². The summed E-state index contributed by atoms with van der Waals surface area (Å²) in [6, 6.07) is 18.1. The molecule has 3 heteroatoms. The lowest BCUT2D eigenvalue weighted by molar-refractivity contribution is 0.0935. The molecule has 20 heavy (non-hydrogen) atoms. The minimum absolute atomic E-state index is 0.0118. The summed E-state index contributed by atoms with van der Waals surface area (Å²) in [7, 11) is 0. The number of rotatable bonds is 5. The van der Waals surface area contributed by atoms with Gasteiger partial charge in [0.15, 0.2) is 0 Å². The number of amides is 1. The molecule has 0 saturated carbocycles. The summed E-state index contributed by atoms with van der Waals surface area (Å²) in [5, 5.41) is 3.13. The first-order valence-corrected chi connectivity index (χ1v) is 7.88. The molecule has 104 valence electrons. The van der Waals surface area contributed by atoms with Crippen LogP contribution in [0.5, 0.6) is 0 Å². The second-order valence-electron chi connectivity index (χ2n) is 4.75. The van der Waals surface area contributed by atoms with Crippen molar-refractivity contribution in [3.05, 3.63) is 69.3 Å². The van der Waals surface area contributed by atoms with Gasteiger partial charge in [0.05, 0.1) is 5.56 Å². The summed E-state index contributed by atoms with van der Waals surface area (Å²) in [6.45, 7) is 2.10. The number of carbonyl (C=O) groups excluding carboxylic acids is 1. The van der Waals surface area contributed by atoms with Crippen LogP contribution < -0.4 is 5.32 Å². The molecule has 2 rings (SSSR count). The van der Waals surface area contributed by atoms with Crippen molar-refractivity contribution in [2.45, 2.75) is 25.8 Å². The third-order valence-electron chi connectivity index (χ3n) is 3.27. The van der Waals surface area contributed by atoms with Gasteiger partial charge in [-0.2, -0.15) is 0 Å². The zero-order valence-electron chi connectivity index (χ0n) is 11.5. The van der Waals surface area contributed by atoms with Crippen molar-refractivity contribution in [1.82, 2.24) is 5.32 Å². The molecule has 0 aliphatic rings. The molecule has 1 unspecified atom stereocenters. The monoisotopic (exact) mass is 379 g/mol. The summed E-state index contributed by atoms with van der Waals surface area (Å²) in [5.41, 5.74) is 2.00. The number of carbonyl (C=O) groups is 1. The van der Waals surface area contributed by atoms with Crippen LogP contribution >= 0.6 is 22.6 Å². The van der Waals surface area contributed by atoms with E-state index >= 15 is 0 Å². The van der Waals surface area contributed by atoms with E-state index in [0.717, 1.165) is 22.0 Å². The van der Waals surface area contributed by atoms with Crippen LogP contribution in [0.25, 0.3) is 0 Å². The van der Waals surface area contributed by atoms with Gasteiger partial charge in [-0.3, -0.25) is 4.79 Å². The Labute approximate surface area is 133 Å². The molecule has 0 aromatic heterocycles. The highest BCUT2D eigenvalue weighted by Gasteiger charge is 2.14. The van der Waals surface area contributed by atoms with Crippen LogP contribution in [0.2, 0.25) is 0 Å². The lowest BCUT2D eigenvalue weighted by atomic mass is 10.0. The molecule has 1 N–H and O–H groups in total. The summed E-state index contributed by atoms with van der Waals surface area (Å²) in [6.07, 6.45) is 1.79. The zero-order valence-corrected chi connectivity index (χ0v) is 13.6. The SMILES string of the molecule is CCC(Cc1ccccc1)NC(=O)c1ccccc1I. The molecule has 2 nitrogen and oxygen atoms in total. The molecule has 1 amide bonds. The fraction of sp³-hybridized carbons (Fsp3) is 0.235. The Morgan fingerprint density at radius 2 is 1.75 bits per heavy atom. The second kappa shape index (κ2) is 7.43. The van der Waals surface area contributed by atoms with Crippen molar-refractivity contribution in [3.8, 4) is 0 Å². The van der Waals surface area contributed by atoms with Gasteiger partial charge in [-0.1, -0.05) is 49.4 Å². The number of hydrogen-bond acceptors (Lipinski definition) is 1. The van der Waals surface area contributed by atoms with E-state index in [1.54, 1.807) is 0 Å². The fourth-order valence-corrected chi connectivity index (χ4v) is 2.74. The first-order valence-electron chi connectivity index (χ1n) is 6.80. The van der Waals surface area contributed by atoms with Crippen molar-refractivity contribution in [2.75, 3.05) is 0 Å². The minimum Gasteiger partial charge on any atom is -0.349 e. The molecule has 0 bridgehead atoms. The van der Waals surface area contributed by atoms with E-state index in [0.29, 0.717) is 0 Å². The number of hydrogen-bond donors (Lipinski definition) is 1. The number of benzene rings is 2. The van der Waals surface area contributed by atoms with Crippen LogP contribution in [0, 0.1) is 3.57 Å². The molecule has 0 spiro atoms. The molecule has 1 atom stereocenters. The van der Waals surface area contributed by atoms with Crippen molar-refractivity contribution in [3.63, 3.8) is 0 Å². The third-order valence-corrected chi connectivity index (χ3v) is 4.21. The minimum atomic E-state index is 0.0118. The highest BCUT2D eigenvalue weighted by molar-refractivity contribution is 14.1. The van der Waals surface area contributed by atoms with Gasteiger partial charge in [0.1, 0.15) is 0 Å². The molecule has 0 heterocycles. The van der Waals surface area contributed by atoms with E-state index in [-0.39, 0.29) is 11.9 Å². The highest BCUT2D eigenvalue weighted by Crippen LogP contribution is 2.12. The van der Waals surface area contributed by atoms with Gasteiger partial charge in [-0.25, -0.2) is 0 Å². The van der Waals surface area contributed by atoms with Gasteiger partial charge < -0.3 is 5.32 Å². The van der Waals surface area contributed by atoms with Crippen LogP contribution in [0.15, 0.2) is 54.6 Å². The van der Waals surface area contributed by atoms with E-state index in [1.807, 2.05) is 42.5 Å². The Morgan fingerprint density at radius 3 is 2.40 bits per heavy atom. The van der Waals surface area contributed by atoms with Gasteiger partial charge in [0.2, 0.25) is 0 Å². The molecular formula is C17H18INO. The maximum atomic E-state index is 12.3. The Kier molecular flexibility index (Phi) is 5.59. The smallest absolute Gasteiger partial charge is 0.252 e. The number of nitrogens with one attached hydrogen (secondary N) is 1. The third kappa shape index (κ3) is 4.07. The quantitative estimate of drug-likeness (QED) is 0.781. The van der Waals surface area contributed by atoms with E-state index in [2.05, 4.69) is 47.0 Å². The van der Waals surface area contributed by atoms with Gasteiger partial charge in [0, 0.05) is 9.61 Å². The maximum Gasteiger partial charge on any atom is 0.252 e. The lowest BCUT2D eigenvalue weighted by Crippen LogP contribution is -2.36. The Bertz CT molecular complexity index is 568. The molecular weight excluding hydrogens is 361 g/mol. The molecule has 0 aliphatic heterocycles. The topological polar surface area (TPSA) is 29.1 Å². The van der Waals surface area contributed by atoms with E-state index in [9.17, 15) is 4.79 Å². The van der Waals surface area contributed by atoms with Gasteiger partial charge in [-0.15, -0.1) is 0 Å². The zero-order chi connectivity index (χ0) is 14.4. The van der Waals surface area contributed by atoms with Crippen molar-refractivity contribution in [1.29, 1.82) is 0 Å². The van der Waals surface area contributed by atoms with Crippen molar-refractivity contribution < 1.29 is 4.79 Å². The predicted octanol–water partition coefficient (Wildman–Crippen LogP) is 4.04.